The van der Waals surface area contributed by atoms with Gasteiger partial charge in [-0.1, -0.05) is 42.5 Å². The molecule has 6 fully saturated rings. The summed E-state index contributed by atoms with van der Waals surface area (Å²) in [5, 5.41) is 10.1. The number of rotatable bonds is 10. The van der Waals surface area contributed by atoms with Crippen LogP contribution in [0.5, 0.6) is 0 Å². The standard InChI is InChI=1S/C52H56N8O8/c1-65-51(63)57-44(27-11-15-67-16-12-27)49(61)59-40-22-35(40)24-42(59)47-53-26-39(55-47)34-6-5-30-19-29(3-4-31(30)21-34)32-7-9-37-33(20-32)8-10-38-46(37)56-48(54-38)43-25-36-23-41(36)60(43)50(62)45(58-52(64)66-2)28-13-17-68-18-14-28/h3-10,19-21,26-28,35-36,40-45H,11-18,22-25H2,1-2H3,(H,53,55)(H,54,56)(H,57,63)(H,58,64)/t35-,36-,40-,41-,42+,43+,44+,45+/m1/s1. The fraction of sp³-hybridized carbons (Fsp3) is 0.462. The Balaban J connectivity index is 0.767. The topological polar surface area (TPSA) is 193 Å². The van der Waals surface area contributed by atoms with Crippen LogP contribution >= 0.6 is 0 Å². The number of amides is 4. The van der Waals surface area contributed by atoms with Crippen LogP contribution < -0.4 is 10.6 Å². The van der Waals surface area contributed by atoms with Gasteiger partial charge in [0, 0.05) is 49.5 Å². The minimum absolute atomic E-state index is 0.0242. The Morgan fingerprint density at radius 1 is 0.632 bits per heavy atom. The number of likely N-dealkylation sites (tertiary alicyclic amines) is 2. The van der Waals surface area contributed by atoms with Crippen molar-refractivity contribution in [1.29, 1.82) is 0 Å². The summed E-state index contributed by atoms with van der Waals surface area (Å²) in [4.78, 5) is 74.7. The number of hydrogen-bond acceptors (Lipinski definition) is 10. The summed E-state index contributed by atoms with van der Waals surface area (Å²) < 4.78 is 21.0. The predicted octanol–water partition coefficient (Wildman–Crippen LogP) is 7.55. The molecule has 2 saturated carbocycles. The summed E-state index contributed by atoms with van der Waals surface area (Å²) in [5.41, 5.74) is 5.88. The molecule has 68 heavy (non-hydrogen) atoms. The molecular formula is C52H56N8O8. The van der Waals surface area contributed by atoms with E-state index in [4.69, 9.17) is 28.9 Å². The number of methoxy groups -OCH3 is 2. The van der Waals surface area contributed by atoms with E-state index in [9.17, 15) is 19.2 Å². The van der Waals surface area contributed by atoms with E-state index in [1.807, 2.05) is 16.0 Å². The van der Waals surface area contributed by atoms with Crippen molar-refractivity contribution in [2.75, 3.05) is 40.6 Å². The Kier molecular flexibility index (Phi) is 10.8. The first-order valence-electron chi connectivity index (χ1n) is 24.2. The number of nitrogens with one attached hydrogen (secondary N) is 4. The number of benzene rings is 4. The van der Waals surface area contributed by atoms with Crippen LogP contribution in [0.25, 0.3) is 55.0 Å². The van der Waals surface area contributed by atoms with Crippen LogP contribution in [0.1, 0.15) is 75.1 Å². The molecule has 0 spiro atoms. The highest BCUT2D eigenvalue weighted by atomic mass is 16.5. The lowest BCUT2D eigenvalue weighted by Gasteiger charge is -2.35. The second kappa shape index (κ2) is 17.2. The first-order chi connectivity index (χ1) is 33.2. The molecule has 12 rings (SSSR count). The molecule has 6 heterocycles. The third-order valence-electron chi connectivity index (χ3n) is 15.8. The van der Waals surface area contributed by atoms with E-state index >= 15 is 0 Å². The van der Waals surface area contributed by atoms with Gasteiger partial charge in [0.25, 0.3) is 0 Å². The molecule has 16 heteroatoms. The van der Waals surface area contributed by atoms with Gasteiger partial charge in [-0.05, 0) is 127 Å². The molecule has 8 atom stereocenters. The number of ether oxygens (including phenoxy) is 4. The minimum Gasteiger partial charge on any atom is -0.453 e. The lowest BCUT2D eigenvalue weighted by atomic mass is 9.90. The molecule has 0 radical (unpaired) electrons. The third kappa shape index (κ3) is 7.71. The van der Waals surface area contributed by atoms with Crippen molar-refractivity contribution in [1.82, 2.24) is 40.4 Å². The van der Waals surface area contributed by atoms with Gasteiger partial charge < -0.3 is 49.3 Å². The maximum atomic E-state index is 14.4. The zero-order chi connectivity index (χ0) is 46.2. The van der Waals surface area contributed by atoms with Crippen LogP contribution in [-0.2, 0) is 28.5 Å². The number of fused-ring (bicyclic) bond motifs is 6. The van der Waals surface area contributed by atoms with Crippen molar-refractivity contribution in [2.45, 2.75) is 87.6 Å². The summed E-state index contributed by atoms with van der Waals surface area (Å²) >= 11 is 0. The number of carbonyl (C=O) groups is 4. The number of nitrogens with zero attached hydrogens (tertiary/aromatic N) is 4. The van der Waals surface area contributed by atoms with Crippen LogP contribution in [0.4, 0.5) is 9.59 Å². The molecular weight excluding hydrogens is 865 g/mol. The second-order valence-corrected chi connectivity index (χ2v) is 19.7. The van der Waals surface area contributed by atoms with E-state index in [0.29, 0.717) is 63.9 Å². The van der Waals surface area contributed by atoms with Crippen LogP contribution in [-0.4, -0.2) is 119 Å². The average Bonchev–Trinajstić information content (AvgIpc) is 3.99. The van der Waals surface area contributed by atoms with E-state index in [1.54, 1.807) is 0 Å². The monoisotopic (exact) mass is 920 g/mol. The number of aromatic nitrogens is 4. The van der Waals surface area contributed by atoms with Crippen molar-refractivity contribution >= 4 is 56.6 Å². The molecule has 352 valence electrons. The number of piperidine rings is 2. The van der Waals surface area contributed by atoms with Gasteiger partial charge >= 0.3 is 12.2 Å². The SMILES string of the molecule is COC(=O)N[C@H](C(=O)N1[C@@H]2C[C@@H]2C[C@H]1c1ncc(-c2ccc3cc(-c4ccc5c(ccc6[nH]c([C@@H]7C[C@H]8C[C@H]8N7C(=O)[C@@H](NC(=O)OC)C7CCOCC7)nc65)c4)ccc3c2)[nH]1)C1CCOCC1. The average molecular weight is 921 g/mol. The fourth-order valence-electron chi connectivity index (χ4n) is 12.0. The van der Waals surface area contributed by atoms with Gasteiger partial charge in [0.15, 0.2) is 0 Å². The number of hydrogen-bond donors (Lipinski definition) is 4. The Labute approximate surface area is 392 Å². The smallest absolute Gasteiger partial charge is 0.407 e. The Morgan fingerprint density at radius 3 is 1.74 bits per heavy atom. The van der Waals surface area contributed by atoms with Gasteiger partial charge in [-0.2, -0.15) is 0 Å². The molecule has 6 aromatic rings. The highest BCUT2D eigenvalue weighted by Crippen LogP contribution is 2.55. The van der Waals surface area contributed by atoms with E-state index in [-0.39, 0.29) is 47.8 Å². The van der Waals surface area contributed by atoms with Crippen molar-refractivity contribution in [3.05, 3.63) is 84.6 Å². The maximum Gasteiger partial charge on any atom is 0.407 e. The van der Waals surface area contributed by atoms with Gasteiger partial charge in [0.05, 0.1) is 49.2 Å². The molecule has 4 aromatic carbocycles. The zero-order valence-electron chi connectivity index (χ0n) is 38.2. The van der Waals surface area contributed by atoms with Crippen molar-refractivity contribution in [3.63, 3.8) is 0 Å². The van der Waals surface area contributed by atoms with Crippen LogP contribution in [0.3, 0.4) is 0 Å². The first-order valence-corrected chi connectivity index (χ1v) is 24.2. The van der Waals surface area contributed by atoms with Gasteiger partial charge in [-0.15, -0.1) is 0 Å². The fourth-order valence-corrected chi connectivity index (χ4v) is 12.0. The summed E-state index contributed by atoms with van der Waals surface area (Å²) in [6.45, 7) is 2.26. The second-order valence-electron chi connectivity index (χ2n) is 19.7. The zero-order valence-corrected chi connectivity index (χ0v) is 38.2. The molecule has 4 amide bonds. The van der Waals surface area contributed by atoms with Crippen LogP contribution in [0.15, 0.2) is 72.9 Å². The van der Waals surface area contributed by atoms with E-state index in [1.165, 1.54) is 14.2 Å². The molecule has 4 aliphatic heterocycles. The lowest BCUT2D eigenvalue weighted by molar-refractivity contribution is -0.138. The van der Waals surface area contributed by atoms with Crippen LogP contribution in [0, 0.1) is 23.7 Å². The van der Waals surface area contributed by atoms with E-state index < -0.39 is 24.3 Å². The van der Waals surface area contributed by atoms with Crippen molar-refractivity contribution in [2.24, 2.45) is 23.7 Å². The van der Waals surface area contributed by atoms with Gasteiger partial charge in [-0.3, -0.25) is 9.59 Å². The Bertz CT molecular complexity index is 2960. The van der Waals surface area contributed by atoms with Crippen molar-refractivity contribution in [3.8, 4) is 22.4 Å². The Hall–Kier alpha value is -6.52. The molecule has 4 saturated heterocycles. The highest BCUT2D eigenvalue weighted by molar-refractivity contribution is 6.06. The number of carbonyl (C=O) groups excluding carboxylic acids is 4. The molecule has 6 aliphatic rings. The normalized spacial score (nSPS) is 25.5. The largest absolute Gasteiger partial charge is 0.453 e. The predicted molar refractivity (Wildman–Crippen MR) is 252 cm³/mol. The maximum absolute atomic E-state index is 14.4. The summed E-state index contributed by atoms with van der Waals surface area (Å²) in [5.74, 6) is 2.20. The highest BCUT2D eigenvalue weighted by Gasteiger charge is 2.58. The van der Waals surface area contributed by atoms with Gasteiger partial charge in [0.2, 0.25) is 11.8 Å². The molecule has 16 nitrogen and oxygen atoms in total. The van der Waals surface area contributed by atoms with E-state index in [2.05, 4.69) is 87.3 Å². The summed E-state index contributed by atoms with van der Waals surface area (Å²) in [6.07, 6.45) is 7.07. The van der Waals surface area contributed by atoms with Crippen molar-refractivity contribution < 1.29 is 38.1 Å². The molecule has 2 aromatic heterocycles. The van der Waals surface area contributed by atoms with Gasteiger partial charge in [0.1, 0.15) is 23.7 Å². The van der Waals surface area contributed by atoms with Gasteiger partial charge in [-0.25, -0.2) is 19.6 Å². The third-order valence-corrected chi connectivity index (χ3v) is 15.8. The molecule has 0 unspecified atom stereocenters. The number of aromatic amines is 2. The quantitative estimate of drug-likeness (QED) is 0.107. The minimum atomic E-state index is -0.682. The number of H-pyrrole nitrogens is 2. The summed E-state index contributed by atoms with van der Waals surface area (Å²) in [7, 11) is 2.65. The Morgan fingerprint density at radius 2 is 1.15 bits per heavy atom. The lowest BCUT2D eigenvalue weighted by Crippen LogP contribution is -2.54. The summed E-state index contributed by atoms with van der Waals surface area (Å²) in [6, 6.07) is 22.2. The molecule has 0 bridgehead atoms. The molecule has 4 N–H and O–H groups in total. The van der Waals surface area contributed by atoms with E-state index in [0.717, 1.165) is 92.3 Å². The van der Waals surface area contributed by atoms with Crippen LogP contribution in [0.2, 0.25) is 0 Å². The number of imidazole rings is 2. The number of alkyl carbamates (subject to hydrolysis) is 2. The first kappa shape index (κ1) is 42.8. The molecule has 2 aliphatic carbocycles.